The fourth-order valence-electron chi connectivity index (χ4n) is 5.44. The lowest BCUT2D eigenvalue weighted by molar-refractivity contribution is -0.131. The van der Waals surface area contributed by atoms with E-state index in [4.69, 9.17) is 4.74 Å². The summed E-state index contributed by atoms with van der Waals surface area (Å²) < 4.78 is 8.04. The Kier molecular flexibility index (Phi) is 6.43. The predicted molar refractivity (Wildman–Crippen MR) is 112 cm³/mol. The largest absolute Gasteiger partial charge is 0.376 e. The number of ether oxygens (including phenoxy) is 1. The summed E-state index contributed by atoms with van der Waals surface area (Å²) in [4.78, 5) is 29.8. The minimum absolute atomic E-state index is 0.0327. The molecule has 4 heterocycles. The van der Waals surface area contributed by atoms with Gasteiger partial charge in [-0.1, -0.05) is 0 Å². The second-order valence-electron chi connectivity index (χ2n) is 9.37. The highest BCUT2D eigenvalue weighted by molar-refractivity contribution is 5.77. The van der Waals surface area contributed by atoms with Crippen LogP contribution in [0.3, 0.4) is 0 Å². The van der Waals surface area contributed by atoms with Crippen molar-refractivity contribution in [3.05, 3.63) is 18.0 Å². The zero-order chi connectivity index (χ0) is 21.3. The number of hydrogen-bond donors (Lipinski definition) is 1. The third-order valence-corrected chi connectivity index (χ3v) is 6.86. The molecule has 3 aliphatic rings. The second-order valence-corrected chi connectivity index (χ2v) is 9.37. The van der Waals surface area contributed by atoms with Crippen LogP contribution in [0, 0.1) is 11.8 Å². The summed E-state index contributed by atoms with van der Waals surface area (Å²) in [6.07, 6.45) is 4.83. The molecule has 4 atom stereocenters. The van der Waals surface area contributed by atoms with Gasteiger partial charge in [0.25, 0.3) is 0 Å². The maximum Gasteiger partial charge on any atom is 0.222 e. The van der Waals surface area contributed by atoms with Crippen molar-refractivity contribution in [3.8, 4) is 0 Å². The molecule has 4 rings (SSSR count). The van der Waals surface area contributed by atoms with Gasteiger partial charge in [-0.3, -0.25) is 19.2 Å². The second kappa shape index (κ2) is 9.06. The minimum Gasteiger partial charge on any atom is -0.376 e. The van der Waals surface area contributed by atoms with Crippen molar-refractivity contribution in [2.45, 2.75) is 64.3 Å². The molecule has 1 N–H and O–H groups in total. The van der Waals surface area contributed by atoms with E-state index in [1.54, 1.807) is 0 Å². The molecule has 0 aromatic carbocycles. The van der Waals surface area contributed by atoms with E-state index in [2.05, 4.69) is 15.3 Å². The Morgan fingerprint density at radius 3 is 2.70 bits per heavy atom. The molecular weight excluding hydrogens is 382 g/mol. The van der Waals surface area contributed by atoms with E-state index in [0.717, 1.165) is 44.7 Å². The highest BCUT2D eigenvalue weighted by Crippen LogP contribution is 2.42. The molecule has 0 aliphatic carbocycles. The summed E-state index contributed by atoms with van der Waals surface area (Å²) in [6.45, 7) is 7.99. The van der Waals surface area contributed by atoms with Crippen LogP contribution in [0.4, 0.5) is 0 Å². The van der Waals surface area contributed by atoms with E-state index in [1.807, 2.05) is 42.7 Å². The quantitative estimate of drug-likeness (QED) is 0.720. The molecule has 166 valence electrons. The highest BCUT2D eigenvalue weighted by atomic mass is 16.5. The lowest BCUT2D eigenvalue weighted by Gasteiger charge is -2.25. The number of likely N-dealkylation sites (tertiary alicyclic amines) is 2. The van der Waals surface area contributed by atoms with Crippen LogP contribution in [0.2, 0.25) is 0 Å². The number of carbonyl (C=O) groups excluding carboxylic acids is 2. The summed E-state index contributed by atoms with van der Waals surface area (Å²) in [5.41, 5.74) is 1.15. The fourth-order valence-corrected chi connectivity index (χ4v) is 5.44. The normalized spacial score (nSPS) is 29.0. The van der Waals surface area contributed by atoms with Gasteiger partial charge in [-0.25, -0.2) is 0 Å². The van der Waals surface area contributed by atoms with Crippen molar-refractivity contribution in [1.82, 2.24) is 24.9 Å². The first-order chi connectivity index (χ1) is 14.4. The van der Waals surface area contributed by atoms with Crippen molar-refractivity contribution in [2.24, 2.45) is 18.9 Å². The third-order valence-electron chi connectivity index (χ3n) is 6.86. The maximum absolute atomic E-state index is 12.9. The Morgan fingerprint density at radius 1 is 1.27 bits per heavy atom. The molecule has 1 aromatic rings. The monoisotopic (exact) mass is 417 g/mol. The molecule has 8 heteroatoms. The van der Waals surface area contributed by atoms with Crippen LogP contribution in [-0.2, 0) is 27.9 Å². The summed E-state index contributed by atoms with van der Waals surface area (Å²) in [5, 5.41) is 7.28. The number of amides is 2. The van der Waals surface area contributed by atoms with Crippen molar-refractivity contribution >= 4 is 11.8 Å². The van der Waals surface area contributed by atoms with Gasteiger partial charge in [-0.2, -0.15) is 5.10 Å². The number of aryl methyl sites for hydroxylation is 1. The van der Waals surface area contributed by atoms with Gasteiger partial charge in [0.05, 0.1) is 24.8 Å². The number of nitrogens with zero attached hydrogens (tertiary/aromatic N) is 4. The van der Waals surface area contributed by atoms with E-state index in [1.165, 1.54) is 0 Å². The minimum atomic E-state index is -0.123. The van der Waals surface area contributed by atoms with Gasteiger partial charge in [0, 0.05) is 63.8 Å². The molecule has 3 fully saturated rings. The molecule has 0 unspecified atom stereocenters. The molecule has 8 nitrogen and oxygen atoms in total. The first-order valence-electron chi connectivity index (χ1n) is 11.3. The molecule has 1 aromatic heterocycles. The fraction of sp³-hybridized carbons (Fsp3) is 0.773. The van der Waals surface area contributed by atoms with Gasteiger partial charge in [-0.05, 0) is 38.7 Å². The number of nitrogens with one attached hydrogen (secondary N) is 1. The molecule has 0 radical (unpaired) electrons. The molecule has 3 saturated heterocycles. The van der Waals surface area contributed by atoms with Crippen LogP contribution < -0.4 is 5.32 Å². The van der Waals surface area contributed by atoms with Gasteiger partial charge in [0.2, 0.25) is 11.8 Å². The first kappa shape index (κ1) is 21.3. The number of aromatic nitrogens is 2. The smallest absolute Gasteiger partial charge is 0.222 e. The van der Waals surface area contributed by atoms with Gasteiger partial charge in [0.15, 0.2) is 0 Å². The van der Waals surface area contributed by atoms with E-state index in [0.29, 0.717) is 19.4 Å². The van der Waals surface area contributed by atoms with Crippen LogP contribution in [-0.4, -0.2) is 75.8 Å². The Labute approximate surface area is 178 Å². The summed E-state index contributed by atoms with van der Waals surface area (Å²) in [6, 6.07) is 2.40. The Hall–Kier alpha value is -1.93. The molecule has 30 heavy (non-hydrogen) atoms. The molecule has 0 bridgehead atoms. The van der Waals surface area contributed by atoms with Crippen molar-refractivity contribution < 1.29 is 14.3 Å². The lowest BCUT2D eigenvalue weighted by atomic mass is 9.84. The first-order valence-corrected chi connectivity index (χ1v) is 11.3. The number of rotatable bonds is 7. The van der Waals surface area contributed by atoms with E-state index in [-0.39, 0.29) is 41.8 Å². The average Bonchev–Trinajstić information content (AvgIpc) is 3.44. The highest BCUT2D eigenvalue weighted by Gasteiger charge is 2.51. The Morgan fingerprint density at radius 2 is 2.03 bits per heavy atom. The van der Waals surface area contributed by atoms with Crippen LogP contribution in [0.25, 0.3) is 0 Å². The number of carbonyl (C=O) groups is 2. The van der Waals surface area contributed by atoms with Crippen LogP contribution in [0.1, 0.15) is 45.2 Å². The zero-order valence-electron chi connectivity index (χ0n) is 18.4. The van der Waals surface area contributed by atoms with Gasteiger partial charge >= 0.3 is 0 Å². The van der Waals surface area contributed by atoms with Crippen LogP contribution >= 0.6 is 0 Å². The van der Waals surface area contributed by atoms with Gasteiger partial charge in [0.1, 0.15) is 0 Å². The van der Waals surface area contributed by atoms with E-state index in [9.17, 15) is 9.59 Å². The van der Waals surface area contributed by atoms with E-state index < -0.39 is 0 Å². The Balaban J connectivity index is 1.48. The standard InChI is InChI=1S/C22H35N5O3/c1-15(2)24-20(28)11-19-22-16(10-21(29)26-8-4-5-9-26)12-27(18(22)14-30-19)13-17-6-7-23-25(17)3/h6-7,15-16,18-19,22H,4-5,8-14H2,1-3H3,(H,24,28)/t16-,18-,19+,22-/m1/s1. The Bertz CT molecular complexity index is 758. The van der Waals surface area contributed by atoms with Gasteiger partial charge in [-0.15, -0.1) is 0 Å². The lowest BCUT2D eigenvalue weighted by Crippen LogP contribution is -2.37. The van der Waals surface area contributed by atoms with E-state index >= 15 is 0 Å². The predicted octanol–water partition coefficient (Wildman–Crippen LogP) is 1.16. The zero-order valence-corrected chi connectivity index (χ0v) is 18.4. The van der Waals surface area contributed by atoms with Crippen molar-refractivity contribution in [3.63, 3.8) is 0 Å². The number of hydrogen-bond acceptors (Lipinski definition) is 5. The summed E-state index contributed by atoms with van der Waals surface area (Å²) in [7, 11) is 1.96. The molecule has 2 amide bonds. The average molecular weight is 418 g/mol. The summed E-state index contributed by atoms with van der Waals surface area (Å²) >= 11 is 0. The maximum atomic E-state index is 12.9. The van der Waals surface area contributed by atoms with Gasteiger partial charge < -0.3 is 15.0 Å². The molecule has 3 aliphatic heterocycles. The van der Waals surface area contributed by atoms with Crippen LogP contribution in [0.5, 0.6) is 0 Å². The topological polar surface area (TPSA) is 79.7 Å². The molecule has 0 saturated carbocycles. The molecular formula is C22H35N5O3. The van der Waals surface area contributed by atoms with Crippen LogP contribution in [0.15, 0.2) is 12.3 Å². The molecule has 0 spiro atoms. The SMILES string of the molecule is CC(C)NC(=O)C[C@@H]1OC[C@@H]2[C@H]1[C@H](CC(=O)N1CCCC1)CN2Cc1ccnn1C. The number of fused-ring (bicyclic) bond motifs is 1. The third kappa shape index (κ3) is 4.54. The van der Waals surface area contributed by atoms with Crippen molar-refractivity contribution in [1.29, 1.82) is 0 Å². The van der Waals surface area contributed by atoms with Crippen molar-refractivity contribution in [2.75, 3.05) is 26.2 Å². The summed E-state index contributed by atoms with van der Waals surface area (Å²) in [5.74, 6) is 0.722.